The van der Waals surface area contributed by atoms with Crippen LogP contribution in [0.15, 0.2) is 60.3 Å². The number of pyridine rings is 1. The third kappa shape index (κ3) is 5.80. The van der Waals surface area contributed by atoms with Gasteiger partial charge in [-0.05, 0) is 48.4 Å². The summed E-state index contributed by atoms with van der Waals surface area (Å²) in [7, 11) is 0. The van der Waals surface area contributed by atoms with Gasteiger partial charge in [-0.3, -0.25) is 9.78 Å². The van der Waals surface area contributed by atoms with Gasteiger partial charge in [0.05, 0.1) is 34.7 Å². The number of nitriles is 1. The van der Waals surface area contributed by atoms with Gasteiger partial charge in [0.25, 0.3) is 0 Å². The minimum atomic E-state index is -4.61. The van der Waals surface area contributed by atoms with E-state index >= 15 is 0 Å². The molecule has 0 aliphatic rings. The first-order valence-corrected chi connectivity index (χ1v) is 10.5. The number of para-hydroxylation sites is 1. The number of hydrogen-bond donors (Lipinski definition) is 0. The van der Waals surface area contributed by atoms with Gasteiger partial charge >= 0.3 is 12.1 Å². The van der Waals surface area contributed by atoms with Gasteiger partial charge in [0.2, 0.25) is 0 Å². The number of carbonyl (C=O) groups is 2. The lowest BCUT2D eigenvalue weighted by Gasteiger charge is -2.14. The summed E-state index contributed by atoms with van der Waals surface area (Å²) in [6.07, 6.45) is -1.62. The molecule has 1 heterocycles. The SMILES string of the molecule is CC(=O)/C(=C/c1ccnc2ccccc12)C(=O)OCCC(C#N)c1ccc(C(F)(F)F)c(Cl)c1. The van der Waals surface area contributed by atoms with Gasteiger partial charge in [-0.2, -0.15) is 18.4 Å². The molecule has 0 amide bonds. The van der Waals surface area contributed by atoms with Gasteiger partial charge in [-0.15, -0.1) is 0 Å². The van der Waals surface area contributed by atoms with Crippen LogP contribution in [0.4, 0.5) is 13.2 Å². The molecule has 0 N–H and O–H groups in total. The standard InChI is InChI=1S/C25H18ClF3N2O3/c1-15(32)20(12-17-8-10-31-23-5-3-2-4-19(17)23)24(33)34-11-9-18(14-30)16-6-7-21(22(26)13-16)25(27,28)29/h2-8,10,12-13,18H,9,11H2,1H3/b20-12-. The molecule has 2 aromatic carbocycles. The maximum absolute atomic E-state index is 12.9. The predicted molar refractivity (Wildman–Crippen MR) is 121 cm³/mol. The molecule has 0 bridgehead atoms. The van der Waals surface area contributed by atoms with Crippen molar-refractivity contribution in [2.24, 2.45) is 0 Å². The van der Waals surface area contributed by atoms with E-state index in [1.54, 1.807) is 18.3 Å². The van der Waals surface area contributed by atoms with Crippen LogP contribution >= 0.6 is 11.6 Å². The highest BCUT2D eigenvalue weighted by molar-refractivity contribution is 6.31. The van der Waals surface area contributed by atoms with E-state index in [2.05, 4.69) is 4.98 Å². The number of rotatable bonds is 7. The number of ketones is 1. The summed E-state index contributed by atoms with van der Waals surface area (Å²) in [6.45, 7) is 1.01. The van der Waals surface area contributed by atoms with Crippen LogP contribution in [-0.2, 0) is 20.5 Å². The Balaban J connectivity index is 1.73. The normalized spacial score (nSPS) is 12.8. The molecule has 0 aliphatic carbocycles. The number of esters is 1. The highest BCUT2D eigenvalue weighted by Crippen LogP contribution is 2.36. The lowest BCUT2D eigenvalue weighted by atomic mass is 9.96. The van der Waals surface area contributed by atoms with Crippen LogP contribution in [0, 0.1) is 11.3 Å². The Labute approximate surface area is 198 Å². The maximum atomic E-state index is 12.9. The highest BCUT2D eigenvalue weighted by Gasteiger charge is 2.33. The van der Waals surface area contributed by atoms with Crippen molar-refractivity contribution in [1.82, 2.24) is 4.98 Å². The molecule has 1 aromatic heterocycles. The summed E-state index contributed by atoms with van der Waals surface area (Å²) in [5, 5.41) is 9.66. The molecule has 0 radical (unpaired) electrons. The first-order chi connectivity index (χ1) is 16.1. The fourth-order valence-corrected chi connectivity index (χ4v) is 3.63. The topological polar surface area (TPSA) is 80.1 Å². The quantitative estimate of drug-likeness (QED) is 0.174. The van der Waals surface area contributed by atoms with Crippen molar-refractivity contribution in [1.29, 1.82) is 5.26 Å². The average Bonchev–Trinajstić information content (AvgIpc) is 2.79. The van der Waals surface area contributed by atoms with Gasteiger partial charge < -0.3 is 4.74 Å². The van der Waals surface area contributed by atoms with E-state index in [0.29, 0.717) is 11.1 Å². The number of Topliss-reactive ketones (excluding diaryl/α,β-unsaturated/α-hetero) is 1. The Hall–Kier alpha value is -3.70. The molecule has 3 aromatic rings. The van der Waals surface area contributed by atoms with Gasteiger partial charge in [0, 0.05) is 18.0 Å². The molecular formula is C25H18ClF3N2O3. The number of halogens is 4. The minimum Gasteiger partial charge on any atom is -0.462 e. The summed E-state index contributed by atoms with van der Waals surface area (Å²) < 4.78 is 43.9. The number of hydrogen-bond acceptors (Lipinski definition) is 5. The van der Waals surface area contributed by atoms with Crippen LogP contribution in [0.3, 0.4) is 0 Å². The molecule has 174 valence electrons. The molecular weight excluding hydrogens is 469 g/mol. The minimum absolute atomic E-state index is 0.00725. The molecule has 0 fully saturated rings. The van der Waals surface area contributed by atoms with Crippen molar-refractivity contribution in [2.75, 3.05) is 6.61 Å². The lowest BCUT2D eigenvalue weighted by Crippen LogP contribution is -2.15. The number of carbonyl (C=O) groups excluding carboxylic acids is 2. The molecule has 5 nitrogen and oxygen atoms in total. The highest BCUT2D eigenvalue weighted by atomic mass is 35.5. The van der Waals surface area contributed by atoms with Gasteiger partial charge in [0.1, 0.15) is 5.57 Å². The van der Waals surface area contributed by atoms with E-state index in [1.807, 2.05) is 24.3 Å². The van der Waals surface area contributed by atoms with E-state index in [-0.39, 0.29) is 24.2 Å². The smallest absolute Gasteiger partial charge is 0.417 e. The second-order valence-corrected chi connectivity index (χ2v) is 7.78. The van der Waals surface area contributed by atoms with Crippen molar-refractivity contribution in [3.63, 3.8) is 0 Å². The summed E-state index contributed by atoms with van der Waals surface area (Å²) >= 11 is 5.73. The van der Waals surface area contributed by atoms with Gasteiger partial charge in [0.15, 0.2) is 5.78 Å². The molecule has 9 heteroatoms. The Morgan fingerprint density at radius 1 is 1.21 bits per heavy atom. The Kier molecular flexibility index (Phi) is 7.69. The zero-order valence-corrected chi connectivity index (χ0v) is 18.7. The van der Waals surface area contributed by atoms with E-state index < -0.39 is 34.4 Å². The first kappa shape index (κ1) is 24.9. The van der Waals surface area contributed by atoms with Crippen molar-refractivity contribution >= 4 is 40.3 Å². The molecule has 34 heavy (non-hydrogen) atoms. The van der Waals surface area contributed by atoms with Crippen molar-refractivity contribution < 1.29 is 27.5 Å². The zero-order valence-electron chi connectivity index (χ0n) is 17.9. The summed E-state index contributed by atoms with van der Waals surface area (Å²) in [4.78, 5) is 28.9. The van der Waals surface area contributed by atoms with E-state index in [1.165, 1.54) is 19.1 Å². The van der Waals surface area contributed by atoms with Gasteiger partial charge in [-0.1, -0.05) is 35.9 Å². The third-order valence-electron chi connectivity index (χ3n) is 5.08. The van der Waals surface area contributed by atoms with E-state index in [4.69, 9.17) is 16.3 Å². The molecule has 3 rings (SSSR count). The molecule has 0 saturated carbocycles. The largest absolute Gasteiger partial charge is 0.462 e. The number of ether oxygens (including phenoxy) is 1. The van der Waals surface area contributed by atoms with Crippen LogP contribution < -0.4 is 0 Å². The van der Waals surface area contributed by atoms with Crippen LogP contribution in [0.2, 0.25) is 5.02 Å². The number of fused-ring (bicyclic) bond motifs is 1. The Morgan fingerprint density at radius 3 is 2.59 bits per heavy atom. The lowest BCUT2D eigenvalue weighted by molar-refractivity contribution is -0.140. The van der Waals surface area contributed by atoms with E-state index in [0.717, 1.165) is 17.5 Å². The summed E-state index contributed by atoms with van der Waals surface area (Å²) in [5.74, 6) is -2.23. The second kappa shape index (κ2) is 10.5. The zero-order chi connectivity index (χ0) is 24.9. The van der Waals surface area contributed by atoms with Crippen molar-refractivity contribution in [3.05, 3.63) is 82.0 Å². The number of aromatic nitrogens is 1. The Morgan fingerprint density at radius 2 is 1.94 bits per heavy atom. The predicted octanol–water partition coefficient (Wildman–Crippen LogP) is 6.12. The number of nitrogens with zero attached hydrogens (tertiary/aromatic N) is 2. The fourth-order valence-electron chi connectivity index (χ4n) is 3.33. The molecule has 0 saturated heterocycles. The summed E-state index contributed by atoms with van der Waals surface area (Å²) in [6, 6.07) is 13.9. The van der Waals surface area contributed by atoms with Crippen molar-refractivity contribution in [3.8, 4) is 6.07 Å². The fraction of sp³-hybridized carbons (Fsp3) is 0.200. The second-order valence-electron chi connectivity index (χ2n) is 7.37. The molecule has 1 atom stereocenters. The third-order valence-corrected chi connectivity index (χ3v) is 5.39. The monoisotopic (exact) mass is 486 g/mol. The van der Waals surface area contributed by atoms with Crippen LogP contribution in [0.1, 0.15) is 36.0 Å². The first-order valence-electron chi connectivity index (χ1n) is 10.1. The van der Waals surface area contributed by atoms with Crippen LogP contribution in [-0.4, -0.2) is 23.3 Å². The Bertz CT molecular complexity index is 1310. The van der Waals surface area contributed by atoms with Crippen molar-refractivity contribution in [2.45, 2.75) is 25.4 Å². The molecule has 0 spiro atoms. The van der Waals surface area contributed by atoms with E-state index in [9.17, 15) is 28.0 Å². The van der Waals surface area contributed by atoms with Gasteiger partial charge in [-0.25, -0.2) is 4.79 Å². The number of alkyl halides is 3. The summed E-state index contributed by atoms with van der Waals surface area (Å²) in [5.41, 5.74) is 0.395. The average molecular weight is 487 g/mol. The van der Waals surface area contributed by atoms with Crippen LogP contribution in [0.5, 0.6) is 0 Å². The maximum Gasteiger partial charge on any atom is 0.417 e. The van der Waals surface area contributed by atoms with Crippen LogP contribution in [0.25, 0.3) is 17.0 Å². The number of benzene rings is 2. The molecule has 0 aliphatic heterocycles. The molecule has 1 unspecified atom stereocenters.